The summed E-state index contributed by atoms with van der Waals surface area (Å²) in [5.41, 5.74) is 5.40. The van der Waals surface area contributed by atoms with Crippen LogP contribution in [0.3, 0.4) is 0 Å². The van der Waals surface area contributed by atoms with Crippen LogP contribution in [0.15, 0.2) is 79.3 Å². The Labute approximate surface area is 228 Å². The molecule has 0 saturated carbocycles. The number of fused-ring (bicyclic) bond motifs is 2. The van der Waals surface area contributed by atoms with Crippen LogP contribution in [0.25, 0.3) is 32.5 Å². The molecule has 6 aromatic rings. The van der Waals surface area contributed by atoms with Gasteiger partial charge in [0.05, 0.1) is 46.2 Å². The molecule has 0 aliphatic heterocycles. The zero-order chi connectivity index (χ0) is 26.9. The monoisotopic (exact) mass is 536 g/mol. The highest BCUT2D eigenvalue weighted by molar-refractivity contribution is 7.15. The molecule has 0 radical (unpaired) electrons. The predicted octanol–water partition coefficient (Wildman–Crippen LogP) is 6.23. The number of anilines is 1. The first-order valence-electron chi connectivity index (χ1n) is 12.5. The molecule has 39 heavy (non-hydrogen) atoms. The normalized spacial score (nSPS) is 11.3. The number of halogens is 1. The Balaban J connectivity index is 1.22. The van der Waals surface area contributed by atoms with Gasteiger partial charge in [-0.25, -0.2) is 14.4 Å². The quantitative estimate of drug-likeness (QED) is 0.253. The predicted molar refractivity (Wildman–Crippen MR) is 153 cm³/mol. The third kappa shape index (κ3) is 5.08. The topological polar surface area (TPSA) is 84.7 Å². The number of pyridine rings is 2. The molecule has 6 rings (SSSR count). The largest absolute Gasteiger partial charge is 0.364 e. The van der Waals surface area contributed by atoms with Crippen LogP contribution in [-0.4, -0.2) is 25.4 Å². The van der Waals surface area contributed by atoms with Crippen molar-refractivity contribution >= 4 is 45.0 Å². The molecule has 0 atom stereocenters. The summed E-state index contributed by atoms with van der Waals surface area (Å²) in [6.45, 7) is 2.50. The number of carbonyl (C=O) groups is 1. The Hall–Kier alpha value is -4.63. The number of rotatable bonds is 7. The Morgan fingerprint density at radius 1 is 1.00 bits per heavy atom. The first-order valence-corrected chi connectivity index (χ1v) is 13.3. The van der Waals surface area contributed by atoms with Gasteiger partial charge in [-0.05, 0) is 54.4 Å². The molecular formula is C30H25FN6OS. The van der Waals surface area contributed by atoms with E-state index in [-0.39, 0.29) is 18.3 Å². The SMILES string of the molecule is Cc1cc(CNC(=O)c2cc3ccccc3nc2NCc2ccc(-c3cc4c(cn3)ncn4C)s2)ccc1F. The van der Waals surface area contributed by atoms with Gasteiger partial charge in [-0.3, -0.25) is 9.78 Å². The van der Waals surface area contributed by atoms with Gasteiger partial charge in [-0.1, -0.05) is 30.3 Å². The summed E-state index contributed by atoms with van der Waals surface area (Å²) in [6.07, 6.45) is 3.57. The van der Waals surface area contributed by atoms with Gasteiger partial charge in [0, 0.05) is 23.9 Å². The number of carbonyl (C=O) groups excluding carboxylic acids is 1. The minimum absolute atomic E-state index is 0.252. The Kier molecular flexibility index (Phi) is 6.50. The van der Waals surface area contributed by atoms with Crippen LogP contribution in [0.1, 0.15) is 26.4 Å². The van der Waals surface area contributed by atoms with Crippen molar-refractivity contribution in [2.75, 3.05) is 5.32 Å². The number of hydrogen-bond acceptors (Lipinski definition) is 6. The molecule has 0 spiro atoms. The van der Waals surface area contributed by atoms with Gasteiger partial charge >= 0.3 is 0 Å². The lowest BCUT2D eigenvalue weighted by Gasteiger charge is -2.13. The lowest BCUT2D eigenvalue weighted by molar-refractivity contribution is 0.0951. The number of nitrogens with one attached hydrogen (secondary N) is 2. The van der Waals surface area contributed by atoms with Gasteiger partial charge in [0.2, 0.25) is 0 Å². The van der Waals surface area contributed by atoms with E-state index in [4.69, 9.17) is 4.98 Å². The van der Waals surface area contributed by atoms with E-state index in [0.717, 1.165) is 42.9 Å². The molecule has 4 heterocycles. The van der Waals surface area contributed by atoms with Gasteiger partial charge in [-0.15, -0.1) is 11.3 Å². The minimum Gasteiger partial charge on any atom is -0.364 e. The summed E-state index contributed by atoms with van der Waals surface area (Å²) >= 11 is 1.64. The molecule has 0 saturated heterocycles. The van der Waals surface area contributed by atoms with Crippen molar-refractivity contribution in [2.24, 2.45) is 7.05 Å². The highest BCUT2D eigenvalue weighted by Crippen LogP contribution is 2.29. The highest BCUT2D eigenvalue weighted by Gasteiger charge is 2.16. The van der Waals surface area contributed by atoms with E-state index in [1.807, 2.05) is 48.0 Å². The molecule has 9 heteroatoms. The Bertz CT molecular complexity index is 1840. The standard InChI is InChI=1S/C30H25FN6OS/c1-18-11-19(7-9-23(18)31)14-34-30(38)22-12-20-5-3-4-6-24(20)36-29(22)33-15-21-8-10-28(39-21)25-13-27-26(16-32-25)35-17-37(27)2/h3-13,16-17H,14-15H2,1-2H3,(H,33,36)(H,34,38). The Morgan fingerprint density at radius 2 is 1.87 bits per heavy atom. The van der Waals surface area contributed by atoms with Crippen LogP contribution < -0.4 is 10.6 Å². The second-order valence-corrected chi connectivity index (χ2v) is 10.5. The molecule has 0 bridgehead atoms. The summed E-state index contributed by atoms with van der Waals surface area (Å²) in [6, 6.07) is 20.5. The summed E-state index contributed by atoms with van der Waals surface area (Å²) in [5.74, 6) is -0.00974. The third-order valence-corrected chi connectivity index (χ3v) is 7.71. The van der Waals surface area contributed by atoms with E-state index in [0.29, 0.717) is 23.5 Å². The van der Waals surface area contributed by atoms with Crippen LogP contribution in [0.5, 0.6) is 0 Å². The van der Waals surface area contributed by atoms with Crippen molar-refractivity contribution in [1.29, 1.82) is 0 Å². The van der Waals surface area contributed by atoms with Crippen LogP contribution in [0, 0.1) is 12.7 Å². The molecular weight excluding hydrogens is 511 g/mol. The van der Waals surface area contributed by atoms with Gasteiger partial charge in [0.25, 0.3) is 5.91 Å². The van der Waals surface area contributed by atoms with Crippen molar-refractivity contribution < 1.29 is 9.18 Å². The zero-order valence-electron chi connectivity index (χ0n) is 21.4. The molecule has 1 amide bonds. The third-order valence-electron chi connectivity index (χ3n) is 6.60. The van der Waals surface area contributed by atoms with Crippen molar-refractivity contribution in [3.05, 3.63) is 107 Å². The molecule has 4 aromatic heterocycles. The molecule has 194 valence electrons. The number of imidazole rings is 1. The number of para-hydroxylation sites is 1. The molecule has 0 unspecified atom stereocenters. The second kappa shape index (κ2) is 10.3. The molecule has 0 aliphatic carbocycles. The van der Waals surface area contributed by atoms with Crippen LogP contribution >= 0.6 is 11.3 Å². The number of thiophene rings is 1. The number of benzene rings is 2. The number of aryl methyl sites for hydroxylation is 2. The Morgan fingerprint density at radius 3 is 2.74 bits per heavy atom. The number of nitrogens with zero attached hydrogens (tertiary/aromatic N) is 4. The van der Waals surface area contributed by atoms with Crippen LogP contribution in [0.2, 0.25) is 0 Å². The lowest BCUT2D eigenvalue weighted by atomic mass is 10.1. The smallest absolute Gasteiger partial charge is 0.255 e. The molecule has 2 N–H and O–H groups in total. The van der Waals surface area contributed by atoms with Crippen molar-refractivity contribution in [2.45, 2.75) is 20.0 Å². The van der Waals surface area contributed by atoms with Crippen LogP contribution in [0.4, 0.5) is 10.2 Å². The van der Waals surface area contributed by atoms with E-state index in [1.54, 1.807) is 42.9 Å². The number of hydrogen-bond donors (Lipinski definition) is 2. The first kappa shape index (κ1) is 24.7. The van der Waals surface area contributed by atoms with Crippen molar-refractivity contribution in [3.8, 4) is 10.6 Å². The minimum atomic E-state index is -0.264. The van der Waals surface area contributed by atoms with E-state index < -0.39 is 0 Å². The average Bonchev–Trinajstić information content (AvgIpc) is 3.58. The molecule has 0 fully saturated rings. The van der Waals surface area contributed by atoms with E-state index in [9.17, 15) is 9.18 Å². The van der Waals surface area contributed by atoms with Gasteiger partial charge in [0.1, 0.15) is 17.2 Å². The molecule has 7 nitrogen and oxygen atoms in total. The highest BCUT2D eigenvalue weighted by atomic mass is 32.1. The maximum absolute atomic E-state index is 13.6. The maximum Gasteiger partial charge on any atom is 0.255 e. The second-order valence-electron chi connectivity index (χ2n) is 9.38. The van der Waals surface area contributed by atoms with Crippen LogP contribution in [-0.2, 0) is 20.1 Å². The summed E-state index contributed by atoms with van der Waals surface area (Å²) in [7, 11) is 1.97. The fourth-order valence-electron chi connectivity index (χ4n) is 4.46. The molecule has 2 aromatic carbocycles. The van der Waals surface area contributed by atoms with Crippen molar-refractivity contribution in [3.63, 3.8) is 0 Å². The number of aromatic nitrogens is 4. The summed E-state index contributed by atoms with van der Waals surface area (Å²) in [5, 5.41) is 7.20. The summed E-state index contributed by atoms with van der Waals surface area (Å²) in [4.78, 5) is 29.1. The lowest BCUT2D eigenvalue weighted by Crippen LogP contribution is -2.24. The summed E-state index contributed by atoms with van der Waals surface area (Å²) < 4.78 is 15.6. The first-order chi connectivity index (χ1) is 18.9. The number of amides is 1. The van der Waals surface area contributed by atoms with Gasteiger partial charge in [0.15, 0.2) is 0 Å². The zero-order valence-corrected chi connectivity index (χ0v) is 22.2. The average molecular weight is 537 g/mol. The fourth-order valence-corrected chi connectivity index (χ4v) is 5.38. The van der Waals surface area contributed by atoms with Gasteiger partial charge in [-0.2, -0.15) is 0 Å². The van der Waals surface area contributed by atoms with Crippen molar-refractivity contribution in [1.82, 2.24) is 24.8 Å². The maximum atomic E-state index is 13.6. The van der Waals surface area contributed by atoms with E-state index in [1.165, 1.54) is 6.07 Å². The van der Waals surface area contributed by atoms with E-state index in [2.05, 4.69) is 32.7 Å². The van der Waals surface area contributed by atoms with Gasteiger partial charge < -0.3 is 15.2 Å². The van der Waals surface area contributed by atoms with E-state index >= 15 is 0 Å². The molecule has 0 aliphatic rings. The fraction of sp³-hybridized carbons (Fsp3) is 0.133.